The van der Waals surface area contributed by atoms with Gasteiger partial charge in [0.05, 0.1) is 0 Å². The molecule has 1 N–H and O–H groups in total. The molecular formula is C17H27F2N. The molecule has 0 saturated heterocycles. The minimum Gasteiger partial charge on any atom is -0.316 e. The van der Waals surface area contributed by atoms with E-state index in [-0.39, 0.29) is 5.41 Å². The maximum Gasteiger partial charge on any atom is 0.159 e. The Kier molecular flexibility index (Phi) is 6.12. The van der Waals surface area contributed by atoms with Gasteiger partial charge in [-0.25, -0.2) is 8.78 Å². The molecule has 3 heteroatoms. The first kappa shape index (κ1) is 17.1. The third-order valence-electron chi connectivity index (χ3n) is 3.63. The minimum absolute atomic E-state index is 0.120. The van der Waals surface area contributed by atoms with Crippen molar-refractivity contribution in [2.24, 2.45) is 17.3 Å². The van der Waals surface area contributed by atoms with Gasteiger partial charge in [-0.1, -0.05) is 40.7 Å². The Morgan fingerprint density at radius 2 is 1.70 bits per heavy atom. The second-order valence-corrected chi connectivity index (χ2v) is 7.07. The zero-order chi connectivity index (χ0) is 15.3. The third-order valence-corrected chi connectivity index (χ3v) is 3.63. The SMILES string of the molecule is CC(C)CNCC(Cc1ccc(F)c(F)c1)C(C)(C)C. The summed E-state index contributed by atoms with van der Waals surface area (Å²) in [6, 6.07) is 4.21. The van der Waals surface area contributed by atoms with Gasteiger partial charge in [0.15, 0.2) is 11.6 Å². The number of hydrogen-bond acceptors (Lipinski definition) is 1. The molecule has 0 heterocycles. The Morgan fingerprint density at radius 1 is 1.05 bits per heavy atom. The van der Waals surface area contributed by atoms with E-state index in [1.54, 1.807) is 6.07 Å². The zero-order valence-corrected chi connectivity index (χ0v) is 13.3. The smallest absolute Gasteiger partial charge is 0.159 e. The fourth-order valence-electron chi connectivity index (χ4n) is 2.18. The first-order valence-electron chi connectivity index (χ1n) is 7.34. The molecule has 0 saturated carbocycles. The van der Waals surface area contributed by atoms with Crippen LogP contribution in [0.4, 0.5) is 8.78 Å². The van der Waals surface area contributed by atoms with Gasteiger partial charge in [-0.3, -0.25) is 0 Å². The van der Waals surface area contributed by atoms with E-state index < -0.39 is 11.6 Å². The molecule has 1 atom stereocenters. The van der Waals surface area contributed by atoms with Gasteiger partial charge >= 0.3 is 0 Å². The lowest BCUT2D eigenvalue weighted by molar-refractivity contribution is 0.228. The van der Waals surface area contributed by atoms with Crippen molar-refractivity contribution in [3.8, 4) is 0 Å². The summed E-state index contributed by atoms with van der Waals surface area (Å²) in [5, 5.41) is 3.47. The van der Waals surface area contributed by atoms with E-state index in [1.165, 1.54) is 12.1 Å². The summed E-state index contributed by atoms with van der Waals surface area (Å²) in [6.45, 7) is 12.8. The van der Waals surface area contributed by atoms with Crippen LogP contribution in [-0.4, -0.2) is 13.1 Å². The first-order chi connectivity index (χ1) is 9.20. The van der Waals surface area contributed by atoms with Crippen molar-refractivity contribution in [1.82, 2.24) is 5.32 Å². The average molecular weight is 283 g/mol. The van der Waals surface area contributed by atoms with Gasteiger partial charge in [0.25, 0.3) is 0 Å². The fourth-order valence-corrected chi connectivity index (χ4v) is 2.18. The van der Waals surface area contributed by atoms with Crippen LogP contribution < -0.4 is 5.32 Å². The Morgan fingerprint density at radius 3 is 2.20 bits per heavy atom. The number of hydrogen-bond donors (Lipinski definition) is 1. The predicted molar refractivity (Wildman–Crippen MR) is 80.7 cm³/mol. The summed E-state index contributed by atoms with van der Waals surface area (Å²) < 4.78 is 26.3. The van der Waals surface area contributed by atoms with E-state index in [0.717, 1.165) is 25.1 Å². The molecule has 0 spiro atoms. The molecule has 114 valence electrons. The lowest BCUT2D eigenvalue weighted by atomic mass is 9.77. The summed E-state index contributed by atoms with van der Waals surface area (Å²) in [5.74, 6) is -0.547. The van der Waals surface area contributed by atoms with E-state index >= 15 is 0 Å². The third kappa shape index (κ3) is 5.58. The highest BCUT2D eigenvalue weighted by Crippen LogP contribution is 2.29. The van der Waals surface area contributed by atoms with Gasteiger partial charge in [0.1, 0.15) is 0 Å². The first-order valence-corrected chi connectivity index (χ1v) is 7.34. The van der Waals surface area contributed by atoms with Crippen molar-refractivity contribution in [3.05, 3.63) is 35.4 Å². The van der Waals surface area contributed by atoms with Crippen LogP contribution in [0.5, 0.6) is 0 Å². The highest BCUT2D eigenvalue weighted by atomic mass is 19.2. The van der Waals surface area contributed by atoms with E-state index in [4.69, 9.17) is 0 Å². The maximum absolute atomic E-state index is 13.3. The lowest BCUT2D eigenvalue weighted by Gasteiger charge is -2.31. The van der Waals surface area contributed by atoms with Crippen molar-refractivity contribution < 1.29 is 8.78 Å². The molecule has 1 rings (SSSR count). The zero-order valence-electron chi connectivity index (χ0n) is 13.3. The Hall–Kier alpha value is -0.960. The lowest BCUT2D eigenvalue weighted by Crippen LogP contribution is -2.35. The summed E-state index contributed by atoms with van der Waals surface area (Å²) in [7, 11) is 0. The average Bonchev–Trinajstić information content (AvgIpc) is 2.31. The fraction of sp³-hybridized carbons (Fsp3) is 0.647. The maximum atomic E-state index is 13.3. The van der Waals surface area contributed by atoms with Gasteiger partial charge in [-0.2, -0.15) is 0 Å². The summed E-state index contributed by atoms with van der Waals surface area (Å²) >= 11 is 0. The number of rotatable bonds is 6. The van der Waals surface area contributed by atoms with Crippen molar-refractivity contribution in [1.29, 1.82) is 0 Å². The van der Waals surface area contributed by atoms with E-state index in [0.29, 0.717) is 11.8 Å². The molecule has 0 fully saturated rings. The Bertz CT molecular complexity index is 421. The Labute approximate surface area is 121 Å². The molecular weight excluding hydrogens is 256 g/mol. The standard InChI is InChI=1S/C17H27F2N/c1-12(2)10-20-11-14(17(3,4)5)8-13-6-7-15(18)16(19)9-13/h6-7,9,12,14,20H,8,10-11H2,1-5H3. The van der Waals surface area contributed by atoms with Crippen LogP contribution in [0.2, 0.25) is 0 Å². The highest BCUT2D eigenvalue weighted by Gasteiger charge is 2.24. The van der Waals surface area contributed by atoms with Crippen LogP contribution in [0, 0.1) is 28.9 Å². The largest absolute Gasteiger partial charge is 0.316 e. The number of halogens is 2. The second kappa shape index (κ2) is 7.16. The number of nitrogens with one attached hydrogen (secondary N) is 1. The van der Waals surface area contributed by atoms with Gasteiger partial charge in [-0.05, 0) is 54.5 Å². The summed E-state index contributed by atoms with van der Waals surface area (Å²) in [5.41, 5.74) is 0.977. The summed E-state index contributed by atoms with van der Waals surface area (Å²) in [6.07, 6.45) is 0.756. The van der Waals surface area contributed by atoms with Gasteiger partial charge in [0, 0.05) is 0 Å². The van der Waals surface area contributed by atoms with Crippen molar-refractivity contribution in [3.63, 3.8) is 0 Å². The molecule has 0 aromatic heterocycles. The van der Waals surface area contributed by atoms with Crippen LogP contribution in [0.25, 0.3) is 0 Å². The molecule has 1 aromatic rings. The van der Waals surface area contributed by atoms with Gasteiger partial charge in [-0.15, -0.1) is 0 Å². The van der Waals surface area contributed by atoms with Gasteiger partial charge < -0.3 is 5.32 Å². The van der Waals surface area contributed by atoms with Crippen LogP contribution in [0.1, 0.15) is 40.2 Å². The number of benzene rings is 1. The van der Waals surface area contributed by atoms with Crippen LogP contribution in [0.15, 0.2) is 18.2 Å². The van der Waals surface area contributed by atoms with Gasteiger partial charge in [0.2, 0.25) is 0 Å². The van der Waals surface area contributed by atoms with E-state index in [2.05, 4.69) is 39.9 Å². The molecule has 0 aliphatic rings. The topological polar surface area (TPSA) is 12.0 Å². The normalized spacial score (nSPS) is 13.8. The molecule has 0 bridgehead atoms. The quantitative estimate of drug-likeness (QED) is 0.815. The predicted octanol–water partition coefficient (Wildman–Crippen LogP) is 4.42. The van der Waals surface area contributed by atoms with Crippen LogP contribution in [-0.2, 0) is 6.42 Å². The molecule has 0 radical (unpaired) electrons. The monoisotopic (exact) mass is 283 g/mol. The highest BCUT2D eigenvalue weighted by molar-refractivity contribution is 5.18. The Balaban J connectivity index is 2.71. The van der Waals surface area contributed by atoms with Crippen molar-refractivity contribution in [2.75, 3.05) is 13.1 Å². The van der Waals surface area contributed by atoms with Crippen molar-refractivity contribution >= 4 is 0 Å². The second-order valence-electron chi connectivity index (χ2n) is 7.07. The molecule has 0 aliphatic heterocycles. The van der Waals surface area contributed by atoms with E-state index in [9.17, 15) is 8.78 Å². The molecule has 1 aromatic carbocycles. The molecule has 20 heavy (non-hydrogen) atoms. The molecule has 0 amide bonds. The van der Waals surface area contributed by atoms with Crippen LogP contribution in [0.3, 0.4) is 0 Å². The summed E-state index contributed by atoms with van der Waals surface area (Å²) in [4.78, 5) is 0. The molecule has 1 nitrogen and oxygen atoms in total. The van der Waals surface area contributed by atoms with E-state index in [1.807, 2.05) is 0 Å². The minimum atomic E-state index is -0.779. The molecule has 0 aliphatic carbocycles. The van der Waals surface area contributed by atoms with Crippen molar-refractivity contribution in [2.45, 2.75) is 41.0 Å². The van der Waals surface area contributed by atoms with Crippen LogP contribution >= 0.6 is 0 Å². The molecule has 1 unspecified atom stereocenters.